The van der Waals surface area contributed by atoms with E-state index >= 15 is 0 Å². The Morgan fingerprint density at radius 3 is 2.69 bits per heavy atom. The number of ether oxygens (including phenoxy) is 2. The highest BCUT2D eigenvalue weighted by Gasteiger charge is 2.46. The summed E-state index contributed by atoms with van der Waals surface area (Å²) in [4.78, 5) is 11.4. The van der Waals surface area contributed by atoms with E-state index in [1.54, 1.807) is 7.11 Å². The van der Waals surface area contributed by atoms with Gasteiger partial charge in [0.05, 0.1) is 24.3 Å². The third-order valence-electron chi connectivity index (χ3n) is 6.07. The second-order valence-electron chi connectivity index (χ2n) is 7.85. The first kappa shape index (κ1) is 18.3. The van der Waals surface area contributed by atoms with E-state index in [9.17, 15) is 0 Å². The van der Waals surface area contributed by atoms with Crippen molar-refractivity contribution in [3.63, 3.8) is 0 Å². The van der Waals surface area contributed by atoms with Crippen LogP contribution in [0.2, 0.25) is 0 Å². The molecule has 6 nitrogen and oxygen atoms in total. The molecule has 0 amide bonds. The van der Waals surface area contributed by atoms with E-state index < -0.39 is 0 Å². The van der Waals surface area contributed by atoms with E-state index in [-0.39, 0.29) is 5.60 Å². The zero-order chi connectivity index (χ0) is 19.7. The number of likely N-dealkylation sites (tertiary alicyclic amines) is 1. The van der Waals surface area contributed by atoms with Gasteiger partial charge in [-0.05, 0) is 29.8 Å². The lowest BCUT2D eigenvalue weighted by molar-refractivity contribution is -0.0135. The van der Waals surface area contributed by atoms with Gasteiger partial charge in [-0.25, -0.2) is 4.98 Å². The Hall–Kier alpha value is -2.70. The quantitative estimate of drug-likeness (QED) is 0.668. The summed E-state index contributed by atoms with van der Waals surface area (Å²) in [6.45, 7) is 4.37. The summed E-state index contributed by atoms with van der Waals surface area (Å²) in [5.74, 6) is 0.944. The van der Waals surface area contributed by atoms with Gasteiger partial charge in [0.2, 0.25) is 0 Å². The molecule has 1 fully saturated rings. The fraction of sp³-hybridized carbons (Fsp3) is 0.391. The molecular weight excluding hydrogens is 364 g/mol. The molecule has 3 aromatic rings. The third kappa shape index (κ3) is 3.32. The first-order chi connectivity index (χ1) is 14.3. The van der Waals surface area contributed by atoms with Crippen LogP contribution in [0.4, 0.5) is 0 Å². The van der Waals surface area contributed by atoms with E-state index in [2.05, 4.69) is 44.8 Å². The van der Waals surface area contributed by atoms with Crippen LogP contribution in [0.25, 0.3) is 11.3 Å². The molecule has 0 saturated carbocycles. The van der Waals surface area contributed by atoms with Crippen LogP contribution in [0.3, 0.4) is 0 Å². The van der Waals surface area contributed by atoms with Gasteiger partial charge in [0.1, 0.15) is 5.75 Å². The highest BCUT2D eigenvalue weighted by molar-refractivity contribution is 5.72. The van der Waals surface area contributed by atoms with Crippen LogP contribution in [0.5, 0.6) is 5.75 Å². The summed E-state index contributed by atoms with van der Waals surface area (Å²) in [5.41, 5.74) is 4.32. The molecule has 29 heavy (non-hydrogen) atoms. The number of methoxy groups -OCH3 is 1. The van der Waals surface area contributed by atoms with Crippen LogP contribution in [-0.2, 0) is 23.4 Å². The lowest BCUT2D eigenvalue weighted by atomic mass is 9.83. The Morgan fingerprint density at radius 2 is 1.90 bits per heavy atom. The van der Waals surface area contributed by atoms with Crippen molar-refractivity contribution in [3.05, 3.63) is 66.4 Å². The predicted octanol–water partition coefficient (Wildman–Crippen LogP) is 3.48. The number of hydrogen-bond donors (Lipinski definition) is 0. The van der Waals surface area contributed by atoms with Gasteiger partial charge in [-0.2, -0.15) is 0 Å². The van der Waals surface area contributed by atoms with Gasteiger partial charge in [-0.15, -0.1) is 0 Å². The molecule has 0 bridgehead atoms. The minimum atomic E-state index is -0.331. The molecule has 6 heteroatoms. The van der Waals surface area contributed by atoms with Crippen LogP contribution in [0, 0.1) is 0 Å². The summed E-state index contributed by atoms with van der Waals surface area (Å²) >= 11 is 0. The molecule has 0 radical (unpaired) electrons. The van der Waals surface area contributed by atoms with Crippen LogP contribution in [0.1, 0.15) is 24.1 Å². The zero-order valence-electron chi connectivity index (χ0n) is 16.8. The van der Waals surface area contributed by atoms with Crippen LogP contribution < -0.4 is 4.74 Å². The number of nitrogens with zero attached hydrogens (tertiary/aromatic N) is 4. The molecule has 2 aromatic heterocycles. The maximum Gasteiger partial charge on any atom is 0.153 e. The average molecular weight is 390 g/mol. The molecular formula is C23H26N4O2. The van der Waals surface area contributed by atoms with Gasteiger partial charge in [-0.1, -0.05) is 12.1 Å². The number of hydrogen-bond acceptors (Lipinski definition) is 5. The second kappa shape index (κ2) is 7.61. The number of para-hydroxylation sites is 1. The van der Waals surface area contributed by atoms with Crippen LogP contribution in [0.15, 0.2) is 55.1 Å². The maximum absolute atomic E-state index is 6.73. The normalized spacial score (nSPS) is 17.6. The minimum absolute atomic E-state index is 0.331. The Bertz CT molecular complexity index is 978. The number of fused-ring (bicyclic) bond motifs is 4. The van der Waals surface area contributed by atoms with Gasteiger partial charge in [0.15, 0.2) is 5.60 Å². The first-order valence-corrected chi connectivity index (χ1v) is 10.2. The summed E-state index contributed by atoms with van der Waals surface area (Å²) in [6.07, 6.45) is 7.56. The topological polar surface area (TPSA) is 52.4 Å². The number of rotatable bonds is 5. The van der Waals surface area contributed by atoms with E-state index in [1.807, 2.05) is 24.8 Å². The van der Waals surface area contributed by atoms with Gasteiger partial charge in [0.25, 0.3) is 0 Å². The average Bonchev–Trinajstić information content (AvgIpc) is 3.20. The lowest BCUT2D eigenvalue weighted by Crippen LogP contribution is -2.48. The Balaban J connectivity index is 1.44. The predicted molar refractivity (Wildman–Crippen MR) is 111 cm³/mol. The van der Waals surface area contributed by atoms with Crippen molar-refractivity contribution in [2.75, 3.05) is 26.8 Å². The summed E-state index contributed by atoms with van der Waals surface area (Å²) in [7, 11) is 1.74. The molecule has 150 valence electrons. The zero-order valence-corrected chi connectivity index (χ0v) is 16.8. The van der Waals surface area contributed by atoms with Crippen molar-refractivity contribution in [2.45, 2.75) is 31.5 Å². The molecule has 4 heterocycles. The lowest BCUT2D eigenvalue weighted by Gasteiger charge is -2.44. The van der Waals surface area contributed by atoms with Gasteiger partial charge >= 0.3 is 0 Å². The standard InChI is InChI=1S/C23H26N4O2/c1-28-15-14-27-17-25-21-19-4-2-3-5-20(19)29-23(22(21)27)8-12-26(13-9-23)16-18-6-10-24-11-7-18/h2-7,10-11,17H,8-9,12-16H2,1H3. The SMILES string of the molecule is COCCn1cnc2c1C1(CCN(Cc3ccncc3)CC1)Oc1ccccc1-2. The van der Waals surface area contributed by atoms with Crippen molar-refractivity contribution in [3.8, 4) is 17.0 Å². The molecule has 0 unspecified atom stereocenters. The molecule has 1 aromatic carbocycles. The molecule has 0 N–H and O–H groups in total. The fourth-order valence-corrected chi connectivity index (χ4v) is 4.58. The molecule has 1 saturated heterocycles. The highest BCUT2D eigenvalue weighted by atomic mass is 16.5. The monoisotopic (exact) mass is 390 g/mol. The van der Waals surface area contributed by atoms with Gasteiger partial charge < -0.3 is 14.0 Å². The highest BCUT2D eigenvalue weighted by Crippen LogP contribution is 2.49. The first-order valence-electron chi connectivity index (χ1n) is 10.2. The number of benzene rings is 1. The number of aromatic nitrogens is 3. The Labute approximate surface area is 171 Å². The smallest absolute Gasteiger partial charge is 0.153 e. The van der Waals surface area contributed by atoms with E-state index in [4.69, 9.17) is 14.5 Å². The molecule has 5 rings (SSSR count). The third-order valence-corrected chi connectivity index (χ3v) is 6.07. The van der Waals surface area contributed by atoms with Crippen molar-refractivity contribution in [1.82, 2.24) is 19.4 Å². The Kier molecular flexibility index (Phi) is 4.81. The summed E-state index contributed by atoms with van der Waals surface area (Å²) in [6, 6.07) is 12.4. The number of pyridine rings is 1. The second-order valence-corrected chi connectivity index (χ2v) is 7.85. The molecule has 1 spiro atoms. The Morgan fingerprint density at radius 1 is 1.10 bits per heavy atom. The fourth-order valence-electron chi connectivity index (χ4n) is 4.58. The summed E-state index contributed by atoms with van der Waals surface area (Å²) in [5, 5.41) is 0. The molecule has 0 aliphatic carbocycles. The van der Waals surface area contributed by atoms with Crippen molar-refractivity contribution in [1.29, 1.82) is 0 Å². The maximum atomic E-state index is 6.73. The van der Waals surface area contributed by atoms with E-state index in [0.717, 1.165) is 56.0 Å². The van der Waals surface area contributed by atoms with E-state index in [0.29, 0.717) is 6.61 Å². The van der Waals surface area contributed by atoms with Crippen molar-refractivity contribution < 1.29 is 9.47 Å². The van der Waals surface area contributed by atoms with Crippen LogP contribution >= 0.6 is 0 Å². The number of piperidine rings is 1. The molecule has 2 aliphatic rings. The van der Waals surface area contributed by atoms with E-state index in [1.165, 1.54) is 11.3 Å². The van der Waals surface area contributed by atoms with Gasteiger partial charge in [0, 0.05) is 64.1 Å². The van der Waals surface area contributed by atoms with Gasteiger partial charge in [-0.3, -0.25) is 9.88 Å². The molecule has 2 aliphatic heterocycles. The van der Waals surface area contributed by atoms with Crippen molar-refractivity contribution >= 4 is 0 Å². The minimum Gasteiger partial charge on any atom is -0.480 e. The summed E-state index contributed by atoms with van der Waals surface area (Å²) < 4.78 is 14.3. The van der Waals surface area contributed by atoms with Crippen LogP contribution in [-0.4, -0.2) is 46.2 Å². The van der Waals surface area contributed by atoms with Crippen molar-refractivity contribution in [2.24, 2.45) is 0 Å². The largest absolute Gasteiger partial charge is 0.480 e. The molecule has 0 atom stereocenters. The number of imidazole rings is 1.